The standard InChI is InChI=1S/C16H13ClN4/c1-9-15-12(3-4-18-9)14-6-11(17)5-13(16(14)20-15)10-7-19-21(2)8-10/h3-8,20H,1-2H3. The molecule has 1 aromatic carbocycles. The number of H-pyrrole nitrogens is 1. The zero-order valence-corrected chi connectivity index (χ0v) is 12.4. The van der Waals surface area contributed by atoms with Crippen LogP contribution < -0.4 is 0 Å². The summed E-state index contributed by atoms with van der Waals surface area (Å²) in [5, 5.41) is 7.22. The van der Waals surface area contributed by atoms with Crippen molar-refractivity contribution in [3.63, 3.8) is 0 Å². The van der Waals surface area contributed by atoms with E-state index in [2.05, 4.69) is 15.1 Å². The Bertz CT molecular complexity index is 981. The number of aromatic amines is 1. The van der Waals surface area contributed by atoms with Gasteiger partial charge in [-0.15, -0.1) is 0 Å². The first kappa shape index (κ1) is 12.4. The van der Waals surface area contributed by atoms with Crippen LogP contribution in [0.2, 0.25) is 5.02 Å². The van der Waals surface area contributed by atoms with E-state index in [-0.39, 0.29) is 0 Å². The largest absolute Gasteiger partial charge is 0.353 e. The number of aromatic nitrogens is 4. The van der Waals surface area contributed by atoms with Gasteiger partial charge in [-0.25, -0.2) is 0 Å². The number of fused-ring (bicyclic) bond motifs is 3. The molecule has 0 aliphatic heterocycles. The van der Waals surface area contributed by atoms with E-state index >= 15 is 0 Å². The Labute approximate surface area is 126 Å². The Balaban J connectivity index is 2.16. The molecule has 0 saturated carbocycles. The molecule has 1 N–H and O–H groups in total. The van der Waals surface area contributed by atoms with Crippen LogP contribution in [0, 0.1) is 6.92 Å². The fourth-order valence-electron chi connectivity index (χ4n) is 2.82. The number of hydrogen-bond donors (Lipinski definition) is 1. The summed E-state index contributed by atoms with van der Waals surface area (Å²) in [5.74, 6) is 0. The normalized spacial score (nSPS) is 11.6. The Morgan fingerprint density at radius 1 is 1.19 bits per heavy atom. The van der Waals surface area contributed by atoms with E-state index < -0.39 is 0 Å². The zero-order valence-electron chi connectivity index (χ0n) is 11.7. The van der Waals surface area contributed by atoms with Gasteiger partial charge in [-0.3, -0.25) is 9.67 Å². The average molecular weight is 297 g/mol. The van der Waals surface area contributed by atoms with Gasteiger partial charge in [0.1, 0.15) is 0 Å². The van der Waals surface area contributed by atoms with Gasteiger partial charge >= 0.3 is 0 Å². The van der Waals surface area contributed by atoms with Crippen LogP contribution in [0.3, 0.4) is 0 Å². The first-order valence-electron chi connectivity index (χ1n) is 6.69. The van der Waals surface area contributed by atoms with Crippen molar-refractivity contribution in [1.29, 1.82) is 0 Å². The van der Waals surface area contributed by atoms with Crippen LogP contribution in [0.25, 0.3) is 32.9 Å². The number of nitrogens with zero attached hydrogens (tertiary/aromatic N) is 3. The lowest BCUT2D eigenvalue weighted by Gasteiger charge is -2.02. The summed E-state index contributed by atoms with van der Waals surface area (Å²) in [5.41, 5.74) is 5.21. The third-order valence-electron chi connectivity index (χ3n) is 3.80. The van der Waals surface area contributed by atoms with Crippen molar-refractivity contribution in [2.45, 2.75) is 6.92 Å². The fourth-order valence-corrected chi connectivity index (χ4v) is 3.03. The van der Waals surface area contributed by atoms with Gasteiger partial charge < -0.3 is 4.98 Å². The SMILES string of the molecule is Cc1nccc2c1[nH]c1c(-c3cnn(C)c3)cc(Cl)cc12. The lowest BCUT2D eigenvalue weighted by Crippen LogP contribution is -1.84. The highest BCUT2D eigenvalue weighted by Crippen LogP contribution is 2.36. The van der Waals surface area contributed by atoms with Crippen LogP contribution in [0.5, 0.6) is 0 Å². The van der Waals surface area contributed by atoms with Gasteiger partial charge in [-0.05, 0) is 25.1 Å². The number of pyridine rings is 1. The molecule has 0 spiro atoms. The van der Waals surface area contributed by atoms with Crippen LogP contribution in [-0.2, 0) is 7.05 Å². The summed E-state index contributed by atoms with van der Waals surface area (Å²) in [4.78, 5) is 7.84. The molecule has 4 nitrogen and oxygen atoms in total. The van der Waals surface area contributed by atoms with Gasteiger partial charge in [-0.2, -0.15) is 5.10 Å². The minimum absolute atomic E-state index is 0.719. The molecule has 0 bridgehead atoms. The number of benzene rings is 1. The predicted molar refractivity (Wildman–Crippen MR) is 85.5 cm³/mol. The molecule has 0 atom stereocenters. The van der Waals surface area contributed by atoms with Crippen molar-refractivity contribution < 1.29 is 0 Å². The van der Waals surface area contributed by atoms with Crippen molar-refractivity contribution in [3.05, 3.63) is 47.5 Å². The molecule has 0 radical (unpaired) electrons. The van der Waals surface area contributed by atoms with E-state index in [1.165, 1.54) is 0 Å². The smallest absolute Gasteiger partial charge is 0.0681 e. The summed E-state index contributed by atoms with van der Waals surface area (Å²) < 4.78 is 1.79. The maximum Gasteiger partial charge on any atom is 0.0681 e. The van der Waals surface area contributed by atoms with E-state index in [0.717, 1.165) is 43.6 Å². The molecule has 5 heteroatoms. The first-order chi connectivity index (χ1) is 10.1. The number of rotatable bonds is 1. The summed E-state index contributed by atoms with van der Waals surface area (Å²) in [6.45, 7) is 2.00. The number of hydrogen-bond acceptors (Lipinski definition) is 2. The molecule has 0 aliphatic carbocycles. The lowest BCUT2D eigenvalue weighted by molar-refractivity contribution is 0.768. The summed E-state index contributed by atoms with van der Waals surface area (Å²) in [7, 11) is 1.91. The molecular formula is C16H13ClN4. The van der Waals surface area contributed by atoms with Gasteiger partial charge in [0.05, 0.1) is 22.9 Å². The van der Waals surface area contributed by atoms with Crippen LogP contribution in [0.15, 0.2) is 36.8 Å². The maximum atomic E-state index is 6.32. The molecular weight excluding hydrogens is 284 g/mol. The first-order valence-corrected chi connectivity index (χ1v) is 7.07. The van der Waals surface area contributed by atoms with Crippen molar-refractivity contribution in [2.24, 2.45) is 7.05 Å². The van der Waals surface area contributed by atoms with E-state index in [9.17, 15) is 0 Å². The highest BCUT2D eigenvalue weighted by molar-refractivity contribution is 6.32. The van der Waals surface area contributed by atoms with Gasteiger partial charge in [0, 0.05) is 46.4 Å². The molecule has 4 aromatic rings. The Kier molecular flexibility index (Phi) is 2.56. The molecule has 4 rings (SSSR count). The zero-order chi connectivity index (χ0) is 14.6. The van der Waals surface area contributed by atoms with Gasteiger partial charge in [0.25, 0.3) is 0 Å². The predicted octanol–water partition coefficient (Wildman–Crippen LogP) is 4.08. The maximum absolute atomic E-state index is 6.32. The number of halogens is 1. The molecule has 0 fully saturated rings. The second-order valence-corrected chi connectivity index (χ2v) is 5.66. The van der Waals surface area contributed by atoms with Crippen molar-refractivity contribution in [2.75, 3.05) is 0 Å². The Hall–Kier alpha value is -2.33. The van der Waals surface area contributed by atoms with E-state index in [1.807, 2.05) is 50.8 Å². The second-order valence-electron chi connectivity index (χ2n) is 5.22. The van der Waals surface area contributed by atoms with E-state index in [0.29, 0.717) is 0 Å². The quantitative estimate of drug-likeness (QED) is 0.575. The molecule has 0 amide bonds. The molecule has 0 unspecified atom stereocenters. The van der Waals surface area contributed by atoms with Gasteiger partial charge in [0.2, 0.25) is 0 Å². The second kappa shape index (κ2) is 4.33. The molecule has 0 saturated heterocycles. The number of aryl methyl sites for hydroxylation is 2. The summed E-state index contributed by atoms with van der Waals surface area (Å²) in [6.07, 6.45) is 5.67. The summed E-state index contributed by atoms with van der Waals surface area (Å²) in [6, 6.07) is 5.98. The molecule has 104 valence electrons. The van der Waals surface area contributed by atoms with Crippen molar-refractivity contribution in [1.82, 2.24) is 19.7 Å². The topological polar surface area (TPSA) is 46.5 Å². The Morgan fingerprint density at radius 2 is 2.05 bits per heavy atom. The highest BCUT2D eigenvalue weighted by atomic mass is 35.5. The minimum atomic E-state index is 0.719. The number of nitrogens with one attached hydrogen (secondary N) is 1. The monoisotopic (exact) mass is 296 g/mol. The average Bonchev–Trinajstić information content (AvgIpc) is 3.03. The molecule has 21 heavy (non-hydrogen) atoms. The Morgan fingerprint density at radius 3 is 2.81 bits per heavy atom. The third-order valence-corrected chi connectivity index (χ3v) is 4.02. The van der Waals surface area contributed by atoms with Gasteiger partial charge in [0.15, 0.2) is 0 Å². The highest BCUT2D eigenvalue weighted by Gasteiger charge is 2.13. The van der Waals surface area contributed by atoms with Crippen molar-refractivity contribution in [3.8, 4) is 11.1 Å². The summed E-state index contributed by atoms with van der Waals surface area (Å²) >= 11 is 6.32. The minimum Gasteiger partial charge on any atom is -0.353 e. The van der Waals surface area contributed by atoms with E-state index in [4.69, 9.17) is 11.6 Å². The molecule has 3 heterocycles. The fraction of sp³-hybridized carbons (Fsp3) is 0.125. The van der Waals surface area contributed by atoms with E-state index in [1.54, 1.807) is 4.68 Å². The molecule has 0 aliphatic rings. The van der Waals surface area contributed by atoms with Crippen LogP contribution in [0.1, 0.15) is 5.69 Å². The van der Waals surface area contributed by atoms with Gasteiger partial charge in [-0.1, -0.05) is 11.6 Å². The molecule has 3 aromatic heterocycles. The van der Waals surface area contributed by atoms with Crippen LogP contribution in [-0.4, -0.2) is 19.7 Å². The van der Waals surface area contributed by atoms with Crippen molar-refractivity contribution >= 4 is 33.4 Å². The lowest BCUT2D eigenvalue weighted by atomic mass is 10.1. The van der Waals surface area contributed by atoms with Crippen LogP contribution in [0.4, 0.5) is 0 Å². The van der Waals surface area contributed by atoms with Crippen LogP contribution >= 0.6 is 11.6 Å². The third kappa shape index (κ3) is 1.83.